The average molecular weight is 269 g/mol. The van der Waals surface area contributed by atoms with Gasteiger partial charge in [-0.3, -0.25) is 0 Å². The van der Waals surface area contributed by atoms with Gasteiger partial charge >= 0.3 is 11.9 Å². The Kier molecular flexibility index (Phi) is 3.47. The number of aromatic hydroxyl groups is 1. The molecular formula is C11H9ClN2O4. The van der Waals surface area contributed by atoms with Crippen molar-refractivity contribution in [3.63, 3.8) is 0 Å². The van der Waals surface area contributed by atoms with Crippen LogP contribution in [0, 0.1) is 0 Å². The van der Waals surface area contributed by atoms with Gasteiger partial charge in [0.1, 0.15) is 5.75 Å². The Morgan fingerprint density at radius 2 is 2.28 bits per heavy atom. The van der Waals surface area contributed by atoms with E-state index < -0.39 is 5.97 Å². The standard InChI is InChI=1S/C11H9ClN2O4/c1-2-17-11(16)10-14-13-9(18-10)7-5-6(15)3-4-8(7)12/h3-5,15H,2H2,1H3. The summed E-state index contributed by atoms with van der Waals surface area (Å²) in [6.45, 7) is 1.88. The Labute approximate surface area is 107 Å². The van der Waals surface area contributed by atoms with Crippen LogP contribution in [0.1, 0.15) is 17.6 Å². The molecule has 0 unspecified atom stereocenters. The normalized spacial score (nSPS) is 10.3. The third-order valence-corrected chi connectivity index (χ3v) is 2.38. The Balaban J connectivity index is 2.35. The fourth-order valence-corrected chi connectivity index (χ4v) is 1.48. The summed E-state index contributed by atoms with van der Waals surface area (Å²) in [4.78, 5) is 11.3. The summed E-state index contributed by atoms with van der Waals surface area (Å²) in [5.41, 5.74) is 0.347. The van der Waals surface area contributed by atoms with E-state index in [4.69, 9.17) is 20.8 Å². The summed E-state index contributed by atoms with van der Waals surface area (Å²) >= 11 is 5.93. The van der Waals surface area contributed by atoms with Crippen LogP contribution < -0.4 is 0 Å². The summed E-state index contributed by atoms with van der Waals surface area (Å²) in [7, 11) is 0. The fraction of sp³-hybridized carbons (Fsp3) is 0.182. The van der Waals surface area contributed by atoms with Crippen LogP contribution in [0.3, 0.4) is 0 Å². The molecule has 7 heteroatoms. The maximum absolute atomic E-state index is 11.3. The van der Waals surface area contributed by atoms with Crippen molar-refractivity contribution in [2.75, 3.05) is 6.61 Å². The van der Waals surface area contributed by atoms with E-state index in [0.717, 1.165) is 0 Å². The number of benzene rings is 1. The molecule has 0 amide bonds. The Bertz CT molecular complexity index is 582. The van der Waals surface area contributed by atoms with Gasteiger partial charge in [0.15, 0.2) is 0 Å². The SMILES string of the molecule is CCOC(=O)c1nnc(-c2cc(O)ccc2Cl)o1. The molecule has 0 radical (unpaired) electrons. The molecule has 0 bridgehead atoms. The number of phenolic OH excluding ortho intramolecular Hbond substituents is 1. The maximum Gasteiger partial charge on any atom is 0.396 e. The molecule has 0 saturated carbocycles. The molecule has 1 heterocycles. The highest BCUT2D eigenvalue weighted by Crippen LogP contribution is 2.30. The number of aromatic nitrogens is 2. The third-order valence-electron chi connectivity index (χ3n) is 2.06. The number of carbonyl (C=O) groups is 1. The molecule has 0 atom stereocenters. The molecular weight excluding hydrogens is 260 g/mol. The van der Waals surface area contributed by atoms with E-state index in [1.54, 1.807) is 6.92 Å². The van der Waals surface area contributed by atoms with E-state index in [1.807, 2.05) is 0 Å². The molecule has 6 nitrogen and oxygen atoms in total. The van der Waals surface area contributed by atoms with Crippen LogP contribution in [0.4, 0.5) is 0 Å². The monoisotopic (exact) mass is 268 g/mol. The van der Waals surface area contributed by atoms with Crippen molar-refractivity contribution in [1.82, 2.24) is 10.2 Å². The number of hydrogen-bond donors (Lipinski definition) is 1. The lowest BCUT2D eigenvalue weighted by atomic mass is 10.2. The van der Waals surface area contributed by atoms with Crippen molar-refractivity contribution < 1.29 is 19.1 Å². The predicted molar refractivity (Wildman–Crippen MR) is 62.4 cm³/mol. The third kappa shape index (κ3) is 2.43. The Hall–Kier alpha value is -2.08. The second-order valence-electron chi connectivity index (χ2n) is 3.30. The van der Waals surface area contributed by atoms with E-state index >= 15 is 0 Å². The summed E-state index contributed by atoms with van der Waals surface area (Å²) in [6.07, 6.45) is 0. The van der Waals surface area contributed by atoms with Gasteiger partial charge in [-0.15, -0.1) is 10.2 Å². The Morgan fingerprint density at radius 3 is 3.00 bits per heavy atom. The highest BCUT2D eigenvalue weighted by atomic mass is 35.5. The number of phenols is 1. The van der Waals surface area contributed by atoms with Crippen LogP contribution in [0.15, 0.2) is 22.6 Å². The molecule has 2 rings (SSSR count). The fourth-order valence-electron chi connectivity index (χ4n) is 1.28. The Morgan fingerprint density at radius 1 is 1.50 bits per heavy atom. The quantitative estimate of drug-likeness (QED) is 0.860. The smallest absolute Gasteiger partial charge is 0.396 e. The van der Waals surface area contributed by atoms with Crippen LogP contribution >= 0.6 is 11.6 Å². The lowest BCUT2D eigenvalue weighted by molar-refractivity contribution is 0.0481. The zero-order valence-corrected chi connectivity index (χ0v) is 10.1. The predicted octanol–water partition coefficient (Wildman–Crippen LogP) is 2.27. The second-order valence-corrected chi connectivity index (χ2v) is 3.70. The van der Waals surface area contributed by atoms with Gasteiger partial charge in [-0.25, -0.2) is 4.79 Å². The summed E-state index contributed by atoms with van der Waals surface area (Å²) in [6, 6.07) is 4.28. The molecule has 0 aliphatic heterocycles. The first kappa shape index (κ1) is 12.4. The van der Waals surface area contributed by atoms with Crippen LogP contribution in [0.25, 0.3) is 11.5 Å². The zero-order chi connectivity index (χ0) is 13.1. The number of rotatable bonds is 3. The van der Waals surface area contributed by atoms with E-state index in [1.165, 1.54) is 18.2 Å². The van der Waals surface area contributed by atoms with Crippen LogP contribution in [0.2, 0.25) is 5.02 Å². The van der Waals surface area contributed by atoms with Gasteiger partial charge in [0.05, 0.1) is 17.2 Å². The first-order valence-electron chi connectivity index (χ1n) is 5.11. The topological polar surface area (TPSA) is 85.5 Å². The van der Waals surface area contributed by atoms with E-state index in [2.05, 4.69) is 10.2 Å². The minimum atomic E-state index is -0.701. The van der Waals surface area contributed by atoms with Crippen molar-refractivity contribution in [2.24, 2.45) is 0 Å². The summed E-state index contributed by atoms with van der Waals surface area (Å²) in [5.74, 6) is -0.914. The average Bonchev–Trinajstić information content (AvgIpc) is 2.82. The molecule has 0 spiro atoms. The molecule has 94 valence electrons. The van der Waals surface area contributed by atoms with Gasteiger partial charge in [0.25, 0.3) is 0 Å². The van der Waals surface area contributed by atoms with Gasteiger partial charge < -0.3 is 14.3 Å². The largest absolute Gasteiger partial charge is 0.508 e. The molecule has 2 aromatic rings. The van der Waals surface area contributed by atoms with Gasteiger partial charge in [-0.2, -0.15) is 0 Å². The highest BCUT2D eigenvalue weighted by molar-refractivity contribution is 6.33. The zero-order valence-electron chi connectivity index (χ0n) is 9.38. The lowest BCUT2D eigenvalue weighted by Gasteiger charge is -1.99. The summed E-state index contributed by atoms with van der Waals surface area (Å²) < 4.78 is 9.84. The summed E-state index contributed by atoms with van der Waals surface area (Å²) in [5, 5.41) is 16.9. The number of halogens is 1. The molecule has 1 aromatic carbocycles. The van der Waals surface area contributed by atoms with Crippen molar-refractivity contribution in [2.45, 2.75) is 6.92 Å². The molecule has 18 heavy (non-hydrogen) atoms. The number of esters is 1. The van der Waals surface area contributed by atoms with Gasteiger partial charge in [0, 0.05) is 0 Å². The van der Waals surface area contributed by atoms with Gasteiger partial charge in [-0.05, 0) is 25.1 Å². The molecule has 0 aliphatic carbocycles. The van der Waals surface area contributed by atoms with Crippen molar-refractivity contribution in [1.29, 1.82) is 0 Å². The van der Waals surface area contributed by atoms with Crippen LogP contribution in [-0.2, 0) is 4.74 Å². The van der Waals surface area contributed by atoms with Crippen LogP contribution in [-0.4, -0.2) is 27.9 Å². The maximum atomic E-state index is 11.3. The first-order valence-corrected chi connectivity index (χ1v) is 5.49. The van der Waals surface area contributed by atoms with Crippen molar-refractivity contribution in [3.05, 3.63) is 29.1 Å². The number of carbonyl (C=O) groups excluding carboxylic acids is 1. The number of ether oxygens (including phenoxy) is 1. The van der Waals surface area contributed by atoms with Gasteiger partial charge in [0.2, 0.25) is 5.89 Å². The minimum absolute atomic E-state index is 0.00489. The second kappa shape index (κ2) is 5.05. The first-order chi connectivity index (χ1) is 8.61. The van der Waals surface area contributed by atoms with E-state index in [9.17, 15) is 9.90 Å². The minimum Gasteiger partial charge on any atom is -0.508 e. The van der Waals surface area contributed by atoms with E-state index in [0.29, 0.717) is 10.6 Å². The molecule has 1 N–H and O–H groups in total. The van der Waals surface area contributed by atoms with Crippen molar-refractivity contribution >= 4 is 17.6 Å². The molecule has 0 saturated heterocycles. The van der Waals surface area contributed by atoms with Crippen LogP contribution in [0.5, 0.6) is 5.75 Å². The highest BCUT2D eigenvalue weighted by Gasteiger charge is 2.18. The molecule has 0 fully saturated rings. The lowest BCUT2D eigenvalue weighted by Crippen LogP contribution is -2.04. The number of nitrogens with zero attached hydrogens (tertiary/aromatic N) is 2. The molecule has 1 aromatic heterocycles. The van der Waals surface area contributed by atoms with Crippen molar-refractivity contribution in [3.8, 4) is 17.2 Å². The van der Waals surface area contributed by atoms with E-state index in [-0.39, 0.29) is 24.1 Å². The van der Waals surface area contributed by atoms with Gasteiger partial charge in [-0.1, -0.05) is 11.6 Å². The molecule has 0 aliphatic rings. The number of hydrogen-bond acceptors (Lipinski definition) is 6.